The molecule has 3 nitrogen and oxygen atoms in total. The van der Waals surface area contributed by atoms with E-state index in [0.29, 0.717) is 24.6 Å². The molecule has 0 radical (unpaired) electrons. The third-order valence-electron chi connectivity index (χ3n) is 3.79. The van der Waals surface area contributed by atoms with E-state index in [2.05, 4.69) is 18.7 Å². The Balaban J connectivity index is 1.96. The van der Waals surface area contributed by atoms with E-state index in [1.54, 1.807) is 6.07 Å². The second-order valence-corrected chi connectivity index (χ2v) is 5.61. The molecule has 2 N–H and O–H groups in total. The van der Waals surface area contributed by atoms with Crippen LogP contribution in [0.3, 0.4) is 0 Å². The summed E-state index contributed by atoms with van der Waals surface area (Å²) in [7, 11) is 0. The molecule has 1 heterocycles. The van der Waals surface area contributed by atoms with Gasteiger partial charge in [0.15, 0.2) is 11.6 Å². The molecule has 1 aromatic rings. The van der Waals surface area contributed by atoms with Crippen molar-refractivity contribution >= 4 is 0 Å². The van der Waals surface area contributed by atoms with Crippen LogP contribution in [-0.4, -0.2) is 42.8 Å². The summed E-state index contributed by atoms with van der Waals surface area (Å²) in [6.45, 7) is 6.63. The van der Waals surface area contributed by atoms with Crippen LogP contribution in [0.5, 0.6) is 0 Å². The van der Waals surface area contributed by atoms with Gasteiger partial charge in [0.05, 0.1) is 12.7 Å². The minimum absolute atomic E-state index is 0.0701. The second-order valence-electron chi connectivity index (χ2n) is 5.61. The highest BCUT2D eigenvalue weighted by atomic mass is 19.2. The molecule has 1 aliphatic heterocycles. The highest BCUT2D eigenvalue weighted by Gasteiger charge is 2.27. The Bertz CT molecular complexity index is 453. The van der Waals surface area contributed by atoms with Crippen LogP contribution in [-0.2, 0) is 11.2 Å². The number of hydrogen-bond donors (Lipinski definition) is 1. The van der Waals surface area contributed by atoms with Crippen molar-refractivity contribution in [2.24, 2.45) is 5.73 Å². The van der Waals surface area contributed by atoms with Crippen molar-refractivity contribution in [3.05, 3.63) is 35.4 Å². The van der Waals surface area contributed by atoms with Crippen LogP contribution in [0.1, 0.15) is 19.4 Å². The van der Waals surface area contributed by atoms with E-state index in [4.69, 9.17) is 10.5 Å². The monoisotopic (exact) mass is 284 g/mol. The van der Waals surface area contributed by atoms with Crippen molar-refractivity contribution in [3.8, 4) is 0 Å². The van der Waals surface area contributed by atoms with Crippen molar-refractivity contribution in [1.82, 2.24) is 4.90 Å². The van der Waals surface area contributed by atoms with E-state index in [1.807, 2.05) is 0 Å². The van der Waals surface area contributed by atoms with Crippen LogP contribution in [0, 0.1) is 11.6 Å². The summed E-state index contributed by atoms with van der Waals surface area (Å²) in [5.74, 6) is -1.66. The quantitative estimate of drug-likeness (QED) is 0.918. The summed E-state index contributed by atoms with van der Waals surface area (Å²) < 4.78 is 31.8. The number of nitrogens with two attached hydrogens (primary N) is 1. The van der Waals surface area contributed by atoms with Crippen LogP contribution >= 0.6 is 0 Å². The zero-order chi connectivity index (χ0) is 14.7. The number of hydrogen-bond acceptors (Lipinski definition) is 3. The summed E-state index contributed by atoms with van der Waals surface area (Å²) in [6, 6.07) is 4.15. The van der Waals surface area contributed by atoms with Gasteiger partial charge >= 0.3 is 0 Å². The van der Waals surface area contributed by atoms with Gasteiger partial charge in [-0.25, -0.2) is 8.78 Å². The molecule has 2 atom stereocenters. The molecule has 1 aromatic carbocycles. The lowest BCUT2D eigenvalue weighted by atomic mass is 10.0. The van der Waals surface area contributed by atoms with E-state index in [9.17, 15) is 8.78 Å². The van der Waals surface area contributed by atoms with Crippen LogP contribution in [0.4, 0.5) is 8.78 Å². The average Bonchev–Trinajstić information content (AvgIpc) is 2.43. The van der Waals surface area contributed by atoms with Gasteiger partial charge in [-0.3, -0.25) is 4.90 Å². The highest BCUT2D eigenvalue weighted by Crippen LogP contribution is 2.15. The maximum Gasteiger partial charge on any atom is 0.159 e. The topological polar surface area (TPSA) is 38.5 Å². The third kappa shape index (κ3) is 3.75. The van der Waals surface area contributed by atoms with E-state index in [-0.39, 0.29) is 12.1 Å². The minimum atomic E-state index is -0.831. The molecule has 0 aromatic heterocycles. The zero-order valence-corrected chi connectivity index (χ0v) is 12.0. The molecule has 1 fully saturated rings. The SMILES string of the molecule is CC(C)N1CCOC(C(N)Cc2ccc(F)c(F)c2)C1. The molecule has 5 heteroatoms. The maximum atomic E-state index is 13.2. The van der Waals surface area contributed by atoms with Crippen molar-refractivity contribution < 1.29 is 13.5 Å². The Hall–Kier alpha value is -1.04. The zero-order valence-electron chi connectivity index (χ0n) is 12.0. The van der Waals surface area contributed by atoms with Gasteiger partial charge in [0.1, 0.15) is 0 Å². The van der Waals surface area contributed by atoms with Crippen molar-refractivity contribution in [2.75, 3.05) is 19.7 Å². The smallest absolute Gasteiger partial charge is 0.159 e. The number of benzene rings is 1. The maximum absolute atomic E-state index is 13.2. The van der Waals surface area contributed by atoms with Gasteiger partial charge in [0.2, 0.25) is 0 Å². The fraction of sp³-hybridized carbons (Fsp3) is 0.600. The predicted molar refractivity (Wildman–Crippen MR) is 74.5 cm³/mol. The van der Waals surface area contributed by atoms with Crippen LogP contribution < -0.4 is 5.73 Å². The normalized spacial score (nSPS) is 22.2. The summed E-state index contributed by atoms with van der Waals surface area (Å²) in [5.41, 5.74) is 6.86. The first-order valence-electron chi connectivity index (χ1n) is 7.02. The van der Waals surface area contributed by atoms with E-state index in [1.165, 1.54) is 6.07 Å². The second kappa shape index (κ2) is 6.61. The van der Waals surface area contributed by atoms with Crippen LogP contribution in [0.25, 0.3) is 0 Å². The molecule has 0 aliphatic carbocycles. The van der Waals surface area contributed by atoms with Crippen molar-refractivity contribution in [2.45, 2.75) is 38.5 Å². The van der Waals surface area contributed by atoms with Gasteiger partial charge in [-0.05, 0) is 38.0 Å². The van der Waals surface area contributed by atoms with Gasteiger partial charge in [0.25, 0.3) is 0 Å². The Labute approximate surface area is 118 Å². The minimum Gasteiger partial charge on any atom is -0.374 e. The number of rotatable bonds is 4. The lowest BCUT2D eigenvalue weighted by Crippen LogP contribution is -2.53. The number of nitrogens with zero attached hydrogens (tertiary/aromatic N) is 1. The first-order valence-corrected chi connectivity index (χ1v) is 7.02. The Morgan fingerprint density at radius 1 is 1.35 bits per heavy atom. The summed E-state index contributed by atoms with van der Waals surface area (Å²) in [6.07, 6.45) is 0.410. The van der Waals surface area contributed by atoms with Gasteiger partial charge in [-0.1, -0.05) is 6.07 Å². The molecular formula is C15H22F2N2O. The summed E-state index contributed by atoms with van der Waals surface area (Å²) >= 11 is 0. The highest BCUT2D eigenvalue weighted by molar-refractivity contribution is 5.19. The lowest BCUT2D eigenvalue weighted by Gasteiger charge is -2.37. The first-order chi connectivity index (χ1) is 9.47. The molecule has 0 bridgehead atoms. The fourth-order valence-electron chi connectivity index (χ4n) is 2.49. The summed E-state index contributed by atoms with van der Waals surface area (Å²) in [4.78, 5) is 2.32. The Kier molecular flexibility index (Phi) is 5.07. The number of ether oxygens (including phenoxy) is 1. The van der Waals surface area contributed by atoms with Gasteiger partial charge < -0.3 is 10.5 Å². The molecule has 0 spiro atoms. The van der Waals surface area contributed by atoms with Crippen LogP contribution in [0.2, 0.25) is 0 Å². The van der Waals surface area contributed by atoms with Crippen molar-refractivity contribution in [1.29, 1.82) is 0 Å². The molecule has 0 amide bonds. The van der Waals surface area contributed by atoms with Gasteiger partial charge in [0, 0.05) is 25.2 Å². The predicted octanol–water partition coefficient (Wildman–Crippen LogP) is 1.94. The fourth-order valence-corrected chi connectivity index (χ4v) is 2.49. The Morgan fingerprint density at radius 2 is 2.10 bits per heavy atom. The molecule has 1 aliphatic rings. The molecule has 2 rings (SSSR count). The standard InChI is InChI=1S/C15H22F2N2O/c1-10(2)19-5-6-20-15(9-19)14(18)8-11-3-4-12(16)13(17)7-11/h3-4,7,10,14-15H,5-6,8-9,18H2,1-2H3. The van der Waals surface area contributed by atoms with Gasteiger partial charge in [-0.2, -0.15) is 0 Å². The summed E-state index contributed by atoms with van der Waals surface area (Å²) in [5, 5.41) is 0. The third-order valence-corrected chi connectivity index (χ3v) is 3.79. The molecular weight excluding hydrogens is 262 g/mol. The molecule has 0 saturated carbocycles. The Morgan fingerprint density at radius 3 is 2.75 bits per heavy atom. The molecule has 1 saturated heterocycles. The first kappa shape index (κ1) is 15.4. The number of halogens is 2. The van der Waals surface area contributed by atoms with E-state index >= 15 is 0 Å². The van der Waals surface area contributed by atoms with Crippen molar-refractivity contribution in [3.63, 3.8) is 0 Å². The van der Waals surface area contributed by atoms with Gasteiger partial charge in [-0.15, -0.1) is 0 Å². The molecule has 112 valence electrons. The number of morpholine rings is 1. The molecule has 20 heavy (non-hydrogen) atoms. The average molecular weight is 284 g/mol. The molecule has 2 unspecified atom stereocenters. The van der Waals surface area contributed by atoms with Crippen LogP contribution in [0.15, 0.2) is 18.2 Å². The largest absolute Gasteiger partial charge is 0.374 e. The van der Waals surface area contributed by atoms with E-state index in [0.717, 1.165) is 19.2 Å². The lowest BCUT2D eigenvalue weighted by molar-refractivity contribution is -0.0495. The van der Waals surface area contributed by atoms with E-state index < -0.39 is 11.6 Å².